The molecule has 1 rings (SSSR count). The number of pyridine rings is 1. The lowest BCUT2D eigenvalue weighted by Crippen LogP contribution is -2.22. The Hall–Kier alpha value is -1.60. The number of rotatable bonds is 4. The molecule has 4 nitrogen and oxygen atoms in total. The number of aromatic nitrogens is 1. The second kappa shape index (κ2) is 5.20. The predicted molar refractivity (Wildman–Crippen MR) is 53.7 cm³/mol. The number of nitrogens with zero attached hydrogens (tertiary/aromatic N) is 2. The highest BCUT2D eigenvalue weighted by Gasteiger charge is 2.04. The Balaban J connectivity index is 2.72. The van der Waals surface area contributed by atoms with Crippen LogP contribution in [0.3, 0.4) is 0 Å². The van der Waals surface area contributed by atoms with E-state index in [1.807, 2.05) is 13.0 Å². The van der Waals surface area contributed by atoms with Crippen LogP contribution < -0.4 is 5.32 Å². The van der Waals surface area contributed by atoms with Crippen LogP contribution >= 0.6 is 0 Å². The van der Waals surface area contributed by atoms with Gasteiger partial charge in [-0.1, -0.05) is 6.92 Å². The number of anilines is 1. The highest BCUT2D eigenvalue weighted by Crippen LogP contribution is 2.09. The van der Waals surface area contributed by atoms with Gasteiger partial charge in [-0.05, 0) is 18.6 Å². The van der Waals surface area contributed by atoms with Crippen LogP contribution in [-0.4, -0.2) is 22.7 Å². The fourth-order valence-electron chi connectivity index (χ4n) is 1.09. The molecule has 0 saturated carbocycles. The Labute approximate surface area is 83.2 Å². The number of aliphatic hydroxyl groups is 1. The Kier molecular flexibility index (Phi) is 3.89. The van der Waals surface area contributed by atoms with Gasteiger partial charge in [0.05, 0.1) is 6.61 Å². The van der Waals surface area contributed by atoms with Crippen molar-refractivity contribution in [1.29, 1.82) is 5.26 Å². The topological polar surface area (TPSA) is 68.9 Å². The summed E-state index contributed by atoms with van der Waals surface area (Å²) in [5.41, 5.74) is 1.19. The van der Waals surface area contributed by atoms with Crippen LogP contribution in [0, 0.1) is 11.3 Å². The molecule has 1 unspecified atom stereocenters. The third-order valence-corrected chi connectivity index (χ3v) is 1.96. The maximum absolute atomic E-state index is 8.97. The zero-order valence-corrected chi connectivity index (χ0v) is 8.07. The molecular weight excluding hydrogens is 178 g/mol. The van der Waals surface area contributed by atoms with E-state index in [1.165, 1.54) is 0 Å². The molecule has 1 heterocycles. The number of aliphatic hydroxyl groups excluding tert-OH is 1. The zero-order valence-electron chi connectivity index (χ0n) is 8.07. The van der Waals surface area contributed by atoms with Crippen molar-refractivity contribution in [2.45, 2.75) is 19.4 Å². The summed E-state index contributed by atoms with van der Waals surface area (Å²) in [4.78, 5) is 3.85. The Morgan fingerprint density at radius 1 is 1.71 bits per heavy atom. The summed E-state index contributed by atoms with van der Waals surface area (Å²) < 4.78 is 0. The highest BCUT2D eigenvalue weighted by molar-refractivity contribution is 5.46. The molecule has 0 spiro atoms. The van der Waals surface area contributed by atoms with Crippen molar-refractivity contribution in [1.82, 2.24) is 4.98 Å². The quantitative estimate of drug-likeness (QED) is 0.748. The molecule has 1 aromatic rings. The molecule has 14 heavy (non-hydrogen) atoms. The number of hydrogen-bond donors (Lipinski definition) is 2. The minimum atomic E-state index is 0.0314. The van der Waals surface area contributed by atoms with Crippen LogP contribution in [-0.2, 0) is 0 Å². The first kappa shape index (κ1) is 10.5. The van der Waals surface area contributed by atoms with Crippen LogP contribution in [0.4, 0.5) is 5.69 Å². The first-order chi connectivity index (χ1) is 6.80. The van der Waals surface area contributed by atoms with E-state index in [0.717, 1.165) is 12.1 Å². The lowest BCUT2D eigenvalue weighted by atomic mass is 10.2. The largest absolute Gasteiger partial charge is 0.394 e. The summed E-state index contributed by atoms with van der Waals surface area (Å²) in [5, 5.41) is 20.7. The van der Waals surface area contributed by atoms with Gasteiger partial charge < -0.3 is 10.4 Å². The fourth-order valence-corrected chi connectivity index (χ4v) is 1.09. The van der Waals surface area contributed by atoms with Crippen molar-refractivity contribution >= 4 is 5.69 Å². The summed E-state index contributed by atoms with van der Waals surface area (Å²) in [6, 6.07) is 5.44. The standard InChI is InChI=1S/C10H13N3O/c1-2-8(7-14)13-9-3-4-12-10(5-9)6-11/h3-5,8,14H,2,7H2,1H3,(H,12,13). The maximum atomic E-state index is 8.97. The van der Waals surface area contributed by atoms with Gasteiger partial charge in [-0.15, -0.1) is 0 Å². The molecule has 0 amide bonds. The van der Waals surface area contributed by atoms with Gasteiger partial charge in [0, 0.05) is 17.9 Å². The minimum absolute atomic E-state index is 0.0314. The van der Waals surface area contributed by atoms with Gasteiger partial charge in [-0.2, -0.15) is 5.26 Å². The molecule has 2 N–H and O–H groups in total. The average Bonchev–Trinajstić information content (AvgIpc) is 2.26. The molecule has 4 heteroatoms. The monoisotopic (exact) mass is 191 g/mol. The van der Waals surface area contributed by atoms with Crippen molar-refractivity contribution in [3.8, 4) is 6.07 Å². The van der Waals surface area contributed by atoms with Gasteiger partial charge in [0.2, 0.25) is 0 Å². The third kappa shape index (κ3) is 2.71. The van der Waals surface area contributed by atoms with Crippen LogP contribution in [0.2, 0.25) is 0 Å². The van der Waals surface area contributed by atoms with Crippen molar-refractivity contribution < 1.29 is 5.11 Å². The molecule has 0 aliphatic carbocycles. The van der Waals surface area contributed by atoms with Gasteiger partial charge in [0.15, 0.2) is 0 Å². The Bertz CT molecular complexity index is 328. The Morgan fingerprint density at radius 2 is 2.50 bits per heavy atom. The van der Waals surface area contributed by atoms with E-state index in [0.29, 0.717) is 5.69 Å². The molecule has 0 radical (unpaired) electrons. The molecule has 1 atom stereocenters. The summed E-state index contributed by atoms with van der Waals surface area (Å²) >= 11 is 0. The van der Waals surface area contributed by atoms with Crippen molar-refractivity contribution in [3.63, 3.8) is 0 Å². The van der Waals surface area contributed by atoms with Gasteiger partial charge in [-0.3, -0.25) is 0 Å². The molecule has 74 valence electrons. The summed E-state index contributed by atoms with van der Waals surface area (Å²) in [5.74, 6) is 0. The molecular formula is C10H13N3O. The van der Waals surface area contributed by atoms with E-state index < -0.39 is 0 Å². The molecule has 1 aromatic heterocycles. The molecule has 0 saturated heterocycles. The molecule has 0 bridgehead atoms. The van der Waals surface area contributed by atoms with E-state index in [2.05, 4.69) is 10.3 Å². The normalized spacial score (nSPS) is 11.8. The second-order valence-corrected chi connectivity index (χ2v) is 2.97. The van der Waals surface area contributed by atoms with Gasteiger partial charge in [-0.25, -0.2) is 4.98 Å². The molecule has 0 aromatic carbocycles. The van der Waals surface area contributed by atoms with E-state index in [-0.39, 0.29) is 12.6 Å². The highest BCUT2D eigenvalue weighted by atomic mass is 16.3. The number of nitrogens with one attached hydrogen (secondary N) is 1. The van der Waals surface area contributed by atoms with Crippen molar-refractivity contribution in [2.24, 2.45) is 0 Å². The van der Waals surface area contributed by atoms with E-state index in [9.17, 15) is 0 Å². The lowest BCUT2D eigenvalue weighted by molar-refractivity contribution is 0.272. The van der Waals surface area contributed by atoms with Crippen molar-refractivity contribution in [3.05, 3.63) is 24.0 Å². The lowest BCUT2D eigenvalue weighted by Gasteiger charge is -2.14. The minimum Gasteiger partial charge on any atom is -0.394 e. The van der Waals surface area contributed by atoms with E-state index >= 15 is 0 Å². The molecule has 0 aliphatic rings. The van der Waals surface area contributed by atoms with Crippen LogP contribution in [0.25, 0.3) is 0 Å². The zero-order chi connectivity index (χ0) is 10.4. The summed E-state index contributed by atoms with van der Waals surface area (Å²) in [7, 11) is 0. The average molecular weight is 191 g/mol. The van der Waals surface area contributed by atoms with Gasteiger partial charge in [0.25, 0.3) is 0 Å². The number of nitriles is 1. The maximum Gasteiger partial charge on any atom is 0.142 e. The van der Waals surface area contributed by atoms with Crippen LogP contribution in [0.5, 0.6) is 0 Å². The first-order valence-corrected chi connectivity index (χ1v) is 4.53. The second-order valence-electron chi connectivity index (χ2n) is 2.97. The summed E-state index contributed by atoms with van der Waals surface area (Å²) in [6.07, 6.45) is 2.41. The van der Waals surface area contributed by atoms with Crippen LogP contribution in [0.1, 0.15) is 19.0 Å². The SMILES string of the molecule is CCC(CO)Nc1ccnc(C#N)c1. The molecule has 0 aliphatic heterocycles. The smallest absolute Gasteiger partial charge is 0.142 e. The predicted octanol–water partition coefficient (Wildman–Crippen LogP) is 1.14. The van der Waals surface area contributed by atoms with E-state index in [4.69, 9.17) is 10.4 Å². The Morgan fingerprint density at radius 3 is 3.07 bits per heavy atom. The van der Waals surface area contributed by atoms with Gasteiger partial charge in [0.1, 0.15) is 11.8 Å². The van der Waals surface area contributed by atoms with Crippen molar-refractivity contribution in [2.75, 3.05) is 11.9 Å². The summed E-state index contributed by atoms with van der Waals surface area (Å²) in [6.45, 7) is 2.07. The third-order valence-electron chi connectivity index (χ3n) is 1.96. The number of hydrogen-bond acceptors (Lipinski definition) is 4. The molecule has 0 fully saturated rings. The van der Waals surface area contributed by atoms with Crippen LogP contribution in [0.15, 0.2) is 18.3 Å². The van der Waals surface area contributed by atoms with Gasteiger partial charge >= 0.3 is 0 Å². The first-order valence-electron chi connectivity index (χ1n) is 4.53. The fraction of sp³-hybridized carbons (Fsp3) is 0.400. The van der Waals surface area contributed by atoms with E-state index in [1.54, 1.807) is 18.3 Å².